The molecule has 0 bridgehead atoms. The van der Waals surface area contributed by atoms with Gasteiger partial charge in [-0.1, -0.05) is 31.2 Å². The Kier molecular flexibility index (Phi) is 7.22. The number of rotatable bonds is 7. The molecule has 6 heteroatoms. The lowest BCUT2D eigenvalue weighted by molar-refractivity contribution is -0.127. The van der Waals surface area contributed by atoms with Crippen LogP contribution in [0, 0.1) is 0 Å². The second-order valence-electron chi connectivity index (χ2n) is 6.05. The number of fused-ring (bicyclic) bond motifs is 1. The number of halogens is 1. The smallest absolute Gasteiger partial charge is 0.261 e. The number of aromatic nitrogens is 1. The molecule has 0 saturated carbocycles. The maximum absolute atomic E-state index is 12.3. The maximum atomic E-state index is 12.3. The van der Waals surface area contributed by atoms with E-state index in [4.69, 9.17) is 4.74 Å². The van der Waals surface area contributed by atoms with Crippen molar-refractivity contribution < 1.29 is 9.53 Å². The van der Waals surface area contributed by atoms with E-state index in [0.29, 0.717) is 6.54 Å². The molecule has 0 saturated heterocycles. The molecule has 0 spiro atoms. The SMILES string of the molecule is CC1c2ccccc2OC1C(=O)NCCCNCc1cccnc1.Cl. The molecule has 3 rings (SSSR count). The molecule has 1 aromatic carbocycles. The van der Waals surface area contributed by atoms with Crippen LogP contribution in [-0.4, -0.2) is 30.1 Å². The van der Waals surface area contributed by atoms with Crippen LogP contribution >= 0.6 is 12.4 Å². The first-order valence-corrected chi connectivity index (χ1v) is 8.38. The van der Waals surface area contributed by atoms with Crippen molar-refractivity contribution in [1.82, 2.24) is 15.6 Å². The molecular weight excluding hydrogens is 338 g/mol. The number of hydrogen-bond acceptors (Lipinski definition) is 4. The van der Waals surface area contributed by atoms with Gasteiger partial charge < -0.3 is 15.4 Å². The van der Waals surface area contributed by atoms with Crippen molar-refractivity contribution in [3.05, 3.63) is 59.9 Å². The van der Waals surface area contributed by atoms with Crippen LogP contribution in [0.15, 0.2) is 48.8 Å². The van der Waals surface area contributed by atoms with E-state index in [-0.39, 0.29) is 24.2 Å². The highest BCUT2D eigenvalue weighted by Crippen LogP contribution is 2.37. The van der Waals surface area contributed by atoms with E-state index in [2.05, 4.69) is 15.6 Å². The second-order valence-corrected chi connectivity index (χ2v) is 6.05. The number of para-hydroxylation sites is 1. The average molecular weight is 362 g/mol. The van der Waals surface area contributed by atoms with Crippen LogP contribution in [0.25, 0.3) is 0 Å². The third-order valence-corrected chi connectivity index (χ3v) is 4.26. The first-order valence-electron chi connectivity index (χ1n) is 8.38. The van der Waals surface area contributed by atoms with Gasteiger partial charge in [0.15, 0.2) is 6.10 Å². The van der Waals surface area contributed by atoms with Crippen LogP contribution < -0.4 is 15.4 Å². The number of amides is 1. The minimum Gasteiger partial charge on any atom is -0.480 e. The van der Waals surface area contributed by atoms with Gasteiger partial charge in [-0.15, -0.1) is 12.4 Å². The van der Waals surface area contributed by atoms with Gasteiger partial charge in [0.1, 0.15) is 5.75 Å². The van der Waals surface area contributed by atoms with E-state index in [0.717, 1.165) is 36.4 Å². The predicted octanol–water partition coefficient (Wildman–Crippen LogP) is 2.66. The predicted molar refractivity (Wildman–Crippen MR) is 100 cm³/mol. The largest absolute Gasteiger partial charge is 0.480 e. The Morgan fingerprint density at radius 1 is 1.20 bits per heavy atom. The van der Waals surface area contributed by atoms with Crippen LogP contribution in [-0.2, 0) is 11.3 Å². The van der Waals surface area contributed by atoms with Gasteiger partial charge in [0.2, 0.25) is 0 Å². The van der Waals surface area contributed by atoms with Crippen molar-refractivity contribution in [3.8, 4) is 5.75 Å². The van der Waals surface area contributed by atoms with Gasteiger partial charge in [-0.25, -0.2) is 0 Å². The van der Waals surface area contributed by atoms with Gasteiger partial charge >= 0.3 is 0 Å². The number of ether oxygens (including phenoxy) is 1. The Bertz CT molecular complexity index is 681. The van der Waals surface area contributed by atoms with E-state index >= 15 is 0 Å². The molecule has 0 fully saturated rings. The average Bonchev–Trinajstić information content (AvgIpc) is 2.96. The zero-order valence-electron chi connectivity index (χ0n) is 14.3. The molecule has 1 aliphatic heterocycles. The van der Waals surface area contributed by atoms with Crippen molar-refractivity contribution in [2.45, 2.75) is 31.9 Å². The maximum Gasteiger partial charge on any atom is 0.261 e. The Hall–Kier alpha value is -2.11. The third-order valence-electron chi connectivity index (χ3n) is 4.26. The third kappa shape index (κ3) is 4.94. The van der Waals surface area contributed by atoms with Crippen molar-refractivity contribution in [2.75, 3.05) is 13.1 Å². The second kappa shape index (κ2) is 9.39. The van der Waals surface area contributed by atoms with Crippen LogP contribution in [0.4, 0.5) is 0 Å². The molecule has 0 radical (unpaired) electrons. The topological polar surface area (TPSA) is 63.2 Å². The van der Waals surface area contributed by atoms with Crippen LogP contribution in [0.5, 0.6) is 5.75 Å². The number of carbonyl (C=O) groups is 1. The van der Waals surface area contributed by atoms with Crippen molar-refractivity contribution in [3.63, 3.8) is 0 Å². The lowest BCUT2D eigenvalue weighted by Gasteiger charge is -2.15. The van der Waals surface area contributed by atoms with Gasteiger partial charge in [0, 0.05) is 37.0 Å². The Morgan fingerprint density at radius 3 is 2.80 bits per heavy atom. The fraction of sp³-hybridized carbons (Fsp3) is 0.368. The number of pyridine rings is 1. The Morgan fingerprint density at radius 2 is 2.04 bits per heavy atom. The summed E-state index contributed by atoms with van der Waals surface area (Å²) in [5.41, 5.74) is 2.27. The first-order chi connectivity index (χ1) is 11.8. The van der Waals surface area contributed by atoms with Crippen molar-refractivity contribution in [2.24, 2.45) is 0 Å². The molecule has 1 amide bonds. The monoisotopic (exact) mass is 361 g/mol. The molecule has 2 unspecified atom stereocenters. The van der Waals surface area contributed by atoms with Gasteiger partial charge in [-0.3, -0.25) is 9.78 Å². The van der Waals surface area contributed by atoms with Gasteiger partial charge in [-0.05, 0) is 30.7 Å². The summed E-state index contributed by atoms with van der Waals surface area (Å²) >= 11 is 0. The van der Waals surface area contributed by atoms with E-state index in [1.807, 2.05) is 49.5 Å². The summed E-state index contributed by atoms with van der Waals surface area (Å²) in [4.78, 5) is 16.4. The summed E-state index contributed by atoms with van der Waals surface area (Å²) in [6.07, 6.45) is 4.07. The number of nitrogens with zero attached hydrogens (tertiary/aromatic N) is 1. The van der Waals surface area contributed by atoms with Gasteiger partial charge in [-0.2, -0.15) is 0 Å². The molecule has 2 aromatic rings. The quantitative estimate of drug-likeness (QED) is 0.744. The molecule has 1 aliphatic rings. The molecule has 2 atom stereocenters. The molecule has 0 aliphatic carbocycles. The minimum absolute atomic E-state index is 0. The number of nitrogens with one attached hydrogen (secondary N) is 2. The van der Waals surface area contributed by atoms with Crippen LogP contribution in [0.3, 0.4) is 0 Å². The number of carbonyl (C=O) groups excluding carboxylic acids is 1. The fourth-order valence-electron chi connectivity index (χ4n) is 2.91. The zero-order chi connectivity index (χ0) is 16.8. The summed E-state index contributed by atoms with van der Waals surface area (Å²) in [5, 5.41) is 6.32. The van der Waals surface area contributed by atoms with E-state index in [9.17, 15) is 4.79 Å². The fourth-order valence-corrected chi connectivity index (χ4v) is 2.91. The van der Waals surface area contributed by atoms with Crippen LogP contribution in [0.1, 0.15) is 30.4 Å². The summed E-state index contributed by atoms with van der Waals surface area (Å²) in [7, 11) is 0. The summed E-state index contributed by atoms with van der Waals surface area (Å²) in [6, 6.07) is 11.8. The lowest BCUT2D eigenvalue weighted by Crippen LogP contribution is -2.39. The molecule has 1 aromatic heterocycles. The van der Waals surface area contributed by atoms with E-state index < -0.39 is 6.10 Å². The molecule has 2 N–H and O–H groups in total. The van der Waals surface area contributed by atoms with E-state index in [1.54, 1.807) is 6.20 Å². The summed E-state index contributed by atoms with van der Waals surface area (Å²) < 4.78 is 5.78. The molecule has 25 heavy (non-hydrogen) atoms. The van der Waals surface area contributed by atoms with Crippen molar-refractivity contribution >= 4 is 18.3 Å². The Labute approximate surface area is 154 Å². The molecule has 5 nitrogen and oxygen atoms in total. The number of hydrogen-bond donors (Lipinski definition) is 2. The first kappa shape index (κ1) is 19.2. The lowest BCUT2D eigenvalue weighted by atomic mass is 9.97. The van der Waals surface area contributed by atoms with Crippen molar-refractivity contribution in [1.29, 1.82) is 0 Å². The summed E-state index contributed by atoms with van der Waals surface area (Å²) in [6.45, 7) is 4.31. The zero-order valence-corrected chi connectivity index (χ0v) is 15.1. The minimum atomic E-state index is -0.425. The normalized spacial score (nSPS) is 18.0. The van der Waals surface area contributed by atoms with E-state index in [1.165, 1.54) is 0 Å². The molecule has 134 valence electrons. The summed E-state index contributed by atoms with van der Waals surface area (Å²) in [5.74, 6) is 0.874. The highest BCUT2D eigenvalue weighted by atomic mass is 35.5. The van der Waals surface area contributed by atoms with Crippen LogP contribution in [0.2, 0.25) is 0 Å². The van der Waals surface area contributed by atoms with Gasteiger partial charge in [0.25, 0.3) is 5.91 Å². The van der Waals surface area contributed by atoms with Gasteiger partial charge in [0.05, 0.1) is 0 Å². The Balaban J connectivity index is 0.00000225. The highest BCUT2D eigenvalue weighted by molar-refractivity contribution is 5.85. The molecular formula is C19H24ClN3O2. The standard InChI is InChI=1S/C19H23N3O2.ClH/c1-14-16-7-2-3-8-17(16)24-18(14)19(23)22-11-5-10-21-13-15-6-4-9-20-12-15;/h2-4,6-9,12,14,18,21H,5,10-11,13H2,1H3,(H,22,23);1H. The highest BCUT2D eigenvalue weighted by Gasteiger charge is 2.35. The molecule has 2 heterocycles. The number of benzene rings is 1.